The molecule has 134 valence electrons. The Hall–Kier alpha value is -3.32. The van der Waals surface area contributed by atoms with Gasteiger partial charge >= 0.3 is 0 Å². The summed E-state index contributed by atoms with van der Waals surface area (Å²) in [5.74, 6) is -0.225. The Morgan fingerprint density at radius 1 is 1.07 bits per heavy atom. The molecule has 0 bridgehead atoms. The van der Waals surface area contributed by atoms with E-state index < -0.39 is 0 Å². The van der Waals surface area contributed by atoms with Crippen LogP contribution in [0.2, 0.25) is 0 Å². The molecule has 0 amide bonds. The zero-order valence-corrected chi connectivity index (χ0v) is 15.2. The minimum absolute atomic E-state index is 0.148. The molecular weight excluding hydrogens is 361 g/mol. The van der Waals surface area contributed by atoms with Crippen molar-refractivity contribution in [3.05, 3.63) is 73.5 Å². The number of nitrogens with two attached hydrogens (primary N) is 1. The zero-order chi connectivity index (χ0) is 19.2. The number of amidine groups is 1. The van der Waals surface area contributed by atoms with Crippen LogP contribution in [-0.2, 0) is 0 Å². The summed E-state index contributed by atoms with van der Waals surface area (Å²) in [5.41, 5.74) is 8.05. The van der Waals surface area contributed by atoms with E-state index in [1.165, 1.54) is 36.4 Å². The van der Waals surface area contributed by atoms with Crippen molar-refractivity contribution in [2.24, 2.45) is 9.98 Å². The average Bonchev–Trinajstić information content (AvgIpc) is 2.69. The minimum Gasteiger partial charge on any atom is -0.368 e. The summed E-state index contributed by atoms with van der Waals surface area (Å²) >= 11 is 1.34. The van der Waals surface area contributed by atoms with E-state index in [4.69, 9.17) is 5.73 Å². The molecule has 0 spiro atoms. The van der Waals surface area contributed by atoms with Crippen LogP contribution in [0.25, 0.3) is 22.3 Å². The third-order valence-corrected chi connectivity index (χ3v) is 4.68. The lowest BCUT2D eigenvalue weighted by Gasteiger charge is -2.10. The van der Waals surface area contributed by atoms with Gasteiger partial charge in [-0.05, 0) is 41.7 Å². The molecule has 2 aromatic carbocycles. The van der Waals surface area contributed by atoms with Crippen LogP contribution in [-0.4, -0.2) is 21.9 Å². The van der Waals surface area contributed by atoms with Crippen molar-refractivity contribution in [3.8, 4) is 22.3 Å². The topological polar surface area (TPSA) is 76.5 Å². The number of nitrogens with zero attached hydrogens (tertiary/aromatic N) is 4. The predicted molar refractivity (Wildman–Crippen MR) is 110 cm³/mol. The van der Waals surface area contributed by atoms with Gasteiger partial charge in [-0.2, -0.15) is 0 Å². The molecule has 0 aliphatic rings. The van der Waals surface area contributed by atoms with E-state index in [2.05, 4.69) is 33.2 Å². The quantitative estimate of drug-likeness (QED) is 0.402. The molecule has 27 heavy (non-hydrogen) atoms. The number of hydrogen-bond acceptors (Lipinski definition) is 5. The fourth-order valence-corrected chi connectivity index (χ4v) is 3.29. The summed E-state index contributed by atoms with van der Waals surface area (Å²) < 4.78 is 14.7. The van der Waals surface area contributed by atoms with E-state index >= 15 is 0 Å². The highest BCUT2D eigenvalue weighted by atomic mass is 32.2. The van der Waals surface area contributed by atoms with E-state index in [1.54, 1.807) is 6.07 Å². The number of aliphatic imine (C=N–C) groups is 2. The van der Waals surface area contributed by atoms with Gasteiger partial charge in [-0.25, -0.2) is 24.3 Å². The fraction of sp³-hybridized carbons (Fsp3) is 0. The third kappa shape index (κ3) is 4.27. The van der Waals surface area contributed by atoms with Crippen LogP contribution < -0.4 is 5.73 Å². The molecule has 0 saturated heterocycles. The van der Waals surface area contributed by atoms with Gasteiger partial charge in [0.15, 0.2) is 5.17 Å². The summed E-state index contributed by atoms with van der Waals surface area (Å²) in [4.78, 5) is 16.6. The number of anilines is 1. The van der Waals surface area contributed by atoms with Crippen LogP contribution in [0.1, 0.15) is 0 Å². The molecule has 0 radical (unpaired) electrons. The van der Waals surface area contributed by atoms with E-state index in [0.717, 1.165) is 16.0 Å². The van der Waals surface area contributed by atoms with Crippen LogP contribution in [0.15, 0.2) is 82.5 Å². The fourth-order valence-electron chi connectivity index (χ4n) is 2.46. The highest BCUT2D eigenvalue weighted by Crippen LogP contribution is 2.34. The monoisotopic (exact) mass is 377 g/mol. The van der Waals surface area contributed by atoms with Crippen molar-refractivity contribution in [2.45, 2.75) is 4.90 Å². The standard InChI is InChI=1S/C20H16FN5S/c1-3-24-20(23-2)27-18-7-5-4-6-16(18)13-8-9-15(17(21)10-13)14-11-25-19(22)26-12-14/h3-12H,1-2H2,(H2,22,25,26). The lowest BCUT2D eigenvalue weighted by Crippen LogP contribution is -1.95. The summed E-state index contributed by atoms with van der Waals surface area (Å²) in [6.45, 7) is 7.08. The lowest BCUT2D eigenvalue weighted by atomic mass is 10.0. The average molecular weight is 377 g/mol. The number of aromatic nitrogens is 2. The third-order valence-electron chi connectivity index (χ3n) is 3.69. The SMILES string of the molecule is C=CN=C(N=C)Sc1ccccc1-c1ccc(-c2cnc(N)nc2)c(F)c1. The van der Waals surface area contributed by atoms with Gasteiger partial charge in [0.2, 0.25) is 5.95 Å². The molecule has 0 unspecified atom stereocenters. The number of halogens is 1. The van der Waals surface area contributed by atoms with Crippen LogP contribution in [0.4, 0.5) is 10.3 Å². The van der Waals surface area contributed by atoms with Crippen LogP contribution in [0.5, 0.6) is 0 Å². The maximum absolute atomic E-state index is 14.7. The first-order chi connectivity index (χ1) is 13.1. The molecule has 0 fully saturated rings. The van der Waals surface area contributed by atoms with Crippen LogP contribution in [0.3, 0.4) is 0 Å². The molecule has 7 heteroatoms. The second-order valence-corrected chi connectivity index (χ2v) is 6.38. The molecule has 1 aromatic heterocycles. The molecule has 5 nitrogen and oxygen atoms in total. The maximum Gasteiger partial charge on any atom is 0.219 e. The summed E-state index contributed by atoms with van der Waals surface area (Å²) in [7, 11) is 0. The van der Waals surface area contributed by atoms with Gasteiger partial charge in [0.05, 0.1) is 0 Å². The Balaban J connectivity index is 1.99. The number of rotatable bonds is 4. The first-order valence-corrected chi connectivity index (χ1v) is 8.74. The second kappa shape index (κ2) is 8.37. The zero-order valence-electron chi connectivity index (χ0n) is 14.3. The predicted octanol–water partition coefficient (Wildman–Crippen LogP) is 4.82. The molecular formula is C20H16FN5S. The molecule has 0 atom stereocenters. The lowest BCUT2D eigenvalue weighted by molar-refractivity contribution is 0.631. The number of nitrogen functional groups attached to an aromatic ring is 1. The van der Waals surface area contributed by atoms with Crippen LogP contribution >= 0.6 is 11.8 Å². The van der Waals surface area contributed by atoms with E-state index in [9.17, 15) is 4.39 Å². The van der Waals surface area contributed by atoms with Gasteiger partial charge in [-0.15, -0.1) is 0 Å². The van der Waals surface area contributed by atoms with Crippen molar-refractivity contribution in [3.63, 3.8) is 0 Å². The van der Waals surface area contributed by atoms with Gasteiger partial charge in [0.1, 0.15) is 5.82 Å². The highest BCUT2D eigenvalue weighted by Gasteiger charge is 2.12. The first kappa shape index (κ1) is 18.5. The van der Waals surface area contributed by atoms with Crippen molar-refractivity contribution in [2.75, 3.05) is 5.73 Å². The Morgan fingerprint density at radius 3 is 2.48 bits per heavy atom. The van der Waals surface area contributed by atoms with Crippen molar-refractivity contribution >= 4 is 29.6 Å². The summed E-state index contributed by atoms with van der Waals surface area (Å²) in [6, 6.07) is 12.7. The minimum atomic E-state index is -0.373. The Labute approximate surface area is 160 Å². The van der Waals surface area contributed by atoms with Gasteiger partial charge in [-0.3, -0.25) is 0 Å². The maximum atomic E-state index is 14.7. The Kier molecular flexibility index (Phi) is 5.73. The van der Waals surface area contributed by atoms with Crippen LogP contribution in [0, 0.1) is 5.82 Å². The largest absolute Gasteiger partial charge is 0.368 e. The molecule has 0 aliphatic heterocycles. The summed E-state index contributed by atoms with van der Waals surface area (Å²) in [6.07, 6.45) is 4.40. The summed E-state index contributed by atoms with van der Waals surface area (Å²) in [5, 5.41) is 0.466. The van der Waals surface area contributed by atoms with Crippen molar-refractivity contribution in [1.29, 1.82) is 0 Å². The van der Waals surface area contributed by atoms with Gasteiger partial charge < -0.3 is 5.73 Å². The molecule has 2 N–H and O–H groups in total. The molecule has 0 saturated carbocycles. The molecule has 3 rings (SSSR count). The number of hydrogen-bond donors (Lipinski definition) is 1. The first-order valence-electron chi connectivity index (χ1n) is 7.92. The van der Waals surface area contributed by atoms with Gasteiger partial charge in [-0.1, -0.05) is 36.9 Å². The highest BCUT2D eigenvalue weighted by molar-refractivity contribution is 8.14. The second-order valence-electron chi connectivity index (χ2n) is 5.38. The smallest absolute Gasteiger partial charge is 0.219 e. The molecule has 3 aromatic rings. The normalized spacial score (nSPS) is 11.2. The van der Waals surface area contributed by atoms with E-state index in [-0.39, 0.29) is 11.8 Å². The van der Waals surface area contributed by atoms with Gasteiger partial charge in [0, 0.05) is 34.6 Å². The van der Waals surface area contributed by atoms with E-state index in [0.29, 0.717) is 16.3 Å². The van der Waals surface area contributed by atoms with Crippen molar-refractivity contribution in [1.82, 2.24) is 9.97 Å². The Bertz CT molecular complexity index is 1020. The molecule has 0 aliphatic carbocycles. The van der Waals surface area contributed by atoms with Crippen molar-refractivity contribution < 1.29 is 4.39 Å². The molecule has 1 heterocycles. The van der Waals surface area contributed by atoms with Gasteiger partial charge in [0.25, 0.3) is 0 Å². The van der Waals surface area contributed by atoms with E-state index in [1.807, 2.05) is 30.3 Å². The number of thioether (sulfide) groups is 1. The number of benzene rings is 2. The Morgan fingerprint density at radius 2 is 1.81 bits per heavy atom.